The standard InChI is InChI=1S/C25H31NO5/c1-16(2)13-23(28)30-22-14-19(20(27)15-26-25(4,5)6)11-12-21(22)31-24(29)18-9-7-17(3)8-10-18/h7-12,14,16,26H,13,15H2,1-6H3. The van der Waals surface area contributed by atoms with E-state index in [1.165, 1.54) is 12.1 Å². The molecule has 6 heteroatoms. The van der Waals surface area contributed by atoms with Crippen molar-refractivity contribution in [1.29, 1.82) is 0 Å². The number of nitrogens with one attached hydrogen (secondary N) is 1. The Balaban J connectivity index is 2.28. The van der Waals surface area contributed by atoms with E-state index in [2.05, 4.69) is 5.32 Å². The summed E-state index contributed by atoms with van der Waals surface area (Å²) in [6, 6.07) is 11.4. The number of benzene rings is 2. The Bertz CT molecular complexity index is 939. The third-order valence-corrected chi connectivity index (χ3v) is 4.33. The lowest BCUT2D eigenvalue weighted by Gasteiger charge is -2.20. The van der Waals surface area contributed by atoms with Crippen LogP contribution in [0.5, 0.6) is 11.5 Å². The molecule has 0 spiro atoms. The van der Waals surface area contributed by atoms with Gasteiger partial charge in [0.05, 0.1) is 12.1 Å². The normalized spacial score (nSPS) is 11.3. The van der Waals surface area contributed by atoms with E-state index in [9.17, 15) is 14.4 Å². The maximum absolute atomic E-state index is 12.6. The average molecular weight is 426 g/mol. The van der Waals surface area contributed by atoms with Crippen molar-refractivity contribution in [2.45, 2.75) is 53.5 Å². The molecule has 0 saturated heterocycles. The monoisotopic (exact) mass is 425 g/mol. The number of carbonyl (C=O) groups excluding carboxylic acids is 3. The fourth-order valence-electron chi connectivity index (χ4n) is 2.64. The molecule has 166 valence electrons. The molecular formula is C25H31NO5. The Labute approximate surface area is 183 Å². The first-order valence-corrected chi connectivity index (χ1v) is 10.4. The van der Waals surface area contributed by atoms with Crippen molar-refractivity contribution in [3.05, 3.63) is 59.2 Å². The van der Waals surface area contributed by atoms with Gasteiger partial charge in [-0.05, 0) is 63.9 Å². The van der Waals surface area contributed by atoms with Gasteiger partial charge in [0.15, 0.2) is 17.3 Å². The number of carbonyl (C=O) groups is 3. The molecule has 0 amide bonds. The van der Waals surface area contributed by atoms with E-state index in [0.29, 0.717) is 11.1 Å². The van der Waals surface area contributed by atoms with Crippen molar-refractivity contribution in [2.24, 2.45) is 5.92 Å². The van der Waals surface area contributed by atoms with Gasteiger partial charge < -0.3 is 14.8 Å². The Kier molecular flexibility index (Phi) is 8.11. The summed E-state index contributed by atoms with van der Waals surface area (Å²) in [7, 11) is 0. The summed E-state index contributed by atoms with van der Waals surface area (Å²) >= 11 is 0. The number of Topliss-reactive ketones (excluding diaryl/α,β-unsaturated/α-hetero) is 1. The minimum atomic E-state index is -0.574. The van der Waals surface area contributed by atoms with Crippen LogP contribution < -0.4 is 14.8 Å². The van der Waals surface area contributed by atoms with Gasteiger partial charge >= 0.3 is 11.9 Å². The molecule has 2 aromatic carbocycles. The van der Waals surface area contributed by atoms with E-state index in [1.54, 1.807) is 18.2 Å². The van der Waals surface area contributed by atoms with E-state index < -0.39 is 11.9 Å². The van der Waals surface area contributed by atoms with Crippen LogP contribution in [0.15, 0.2) is 42.5 Å². The Hall–Kier alpha value is -2.99. The Morgan fingerprint density at radius 1 is 0.903 bits per heavy atom. The smallest absolute Gasteiger partial charge is 0.343 e. The van der Waals surface area contributed by atoms with Gasteiger partial charge in [0.25, 0.3) is 0 Å². The minimum Gasteiger partial charge on any atom is -0.422 e. The van der Waals surface area contributed by atoms with Gasteiger partial charge in [0.1, 0.15) is 0 Å². The first-order valence-electron chi connectivity index (χ1n) is 10.4. The van der Waals surface area contributed by atoms with Crippen molar-refractivity contribution in [2.75, 3.05) is 6.54 Å². The molecule has 0 aliphatic heterocycles. The first kappa shape index (κ1) is 24.3. The molecule has 2 aromatic rings. The number of rotatable bonds is 8. The average Bonchev–Trinajstić information content (AvgIpc) is 2.66. The van der Waals surface area contributed by atoms with Crippen molar-refractivity contribution >= 4 is 17.7 Å². The molecule has 0 heterocycles. The quantitative estimate of drug-likeness (QED) is 0.374. The summed E-state index contributed by atoms with van der Waals surface area (Å²) in [6.45, 7) is 11.7. The van der Waals surface area contributed by atoms with E-state index in [0.717, 1.165) is 5.56 Å². The predicted molar refractivity (Wildman–Crippen MR) is 120 cm³/mol. The number of aryl methyl sites for hydroxylation is 1. The van der Waals surface area contributed by atoms with E-state index in [4.69, 9.17) is 9.47 Å². The van der Waals surface area contributed by atoms with Crippen LogP contribution in [0.4, 0.5) is 0 Å². The van der Waals surface area contributed by atoms with Crippen LogP contribution in [-0.4, -0.2) is 29.8 Å². The van der Waals surface area contributed by atoms with Crippen LogP contribution in [0, 0.1) is 12.8 Å². The number of hydrogen-bond acceptors (Lipinski definition) is 6. The molecule has 2 rings (SSSR count). The summed E-state index contributed by atoms with van der Waals surface area (Å²) in [4.78, 5) is 37.4. The molecular weight excluding hydrogens is 394 g/mol. The second kappa shape index (κ2) is 10.4. The van der Waals surface area contributed by atoms with Crippen LogP contribution in [0.1, 0.15) is 67.3 Å². The van der Waals surface area contributed by atoms with Crippen LogP contribution in [-0.2, 0) is 4.79 Å². The van der Waals surface area contributed by atoms with Crippen molar-refractivity contribution in [3.63, 3.8) is 0 Å². The molecule has 0 fully saturated rings. The summed E-state index contributed by atoms with van der Waals surface area (Å²) in [5.74, 6) is -0.954. The van der Waals surface area contributed by atoms with Crippen LogP contribution >= 0.6 is 0 Å². The molecule has 6 nitrogen and oxygen atoms in total. The third-order valence-electron chi connectivity index (χ3n) is 4.33. The SMILES string of the molecule is Cc1ccc(C(=O)Oc2ccc(C(=O)CNC(C)(C)C)cc2OC(=O)CC(C)C)cc1. The zero-order chi connectivity index (χ0) is 23.2. The Morgan fingerprint density at radius 2 is 1.52 bits per heavy atom. The lowest BCUT2D eigenvalue weighted by molar-refractivity contribution is -0.135. The summed E-state index contributed by atoms with van der Waals surface area (Å²) < 4.78 is 10.9. The van der Waals surface area contributed by atoms with Gasteiger partial charge in [0, 0.05) is 17.5 Å². The molecule has 0 aliphatic rings. The zero-order valence-electron chi connectivity index (χ0n) is 19.1. The minimum absolute atomic E-state index is 0.0488. The van der Waals surface area contributed by atoms with Crippen LogP contribution in [0.2, 0.25) is 0 Å². The molecule has 0 bridgehead atoms. The highest BCUT2D eigenvalue weighted by atomic mass is 16.6. The molecule has 0 aromatic heterocycles. The van der Waals surface area contributed by atoms with Crippen LogP contribution in [0.3, 0.4) is 0 Å². The van der Waals surface area contributed by atoms with E-state index >= 15 is 0 Å². The number of ether oxygens (including phenoxy) is 2. The van der Waals surface area contributed by atoms with Crippen molar-refractivity contribution < 1.29 is 23.9 Å². The van der Waals surface area contributed by atoms with Gasteiger partial charge in [0.2, 0.25) is 0 Å². The first-order chi connectivity index (χ1) is 14.4. The summed E-state index contributed by atoms with van der Waals surface area (Å²) in [5.41, 5.74) is 1.54. The predicted octanol–water partition coefficient (Wildman–Crippen LogP) is 4.74. The topological polar surface area (TPSA) is 81.7 Å². The highest BCUT2D eigenvalue weighted by Crippen LogP contribution is 2.30. The lowest BCUT2D eigenvalue weighted by Crippen LogP contribution is -2.39. The summed E-state index contributed by atoms with van der Waals surface area (Å²) in [6.07, 6.45) is 0.203. The number of ketones is 1. The maximum atomic E-state index is 12.6. The van der Waals surface area contributed by atoms with Gasteiger partial charge in [-0.15, -0.1) is 0 Å². The van der Waals surface area contributed by atoms with Gasteiger partial charge in [-0.25, -0.2) is 4.79 Å². The molecule has 0 aliphatic carbocycles. The lowest BCUT2D eigenvalue weighted by atomic mass is 10.1. The maximum Gasteiger partial charge on any atom is 0.343 e. The molecule has 0 unspecified atom stereocenters. The molecule has 0 radical (unpaired) electrons. The largest absolute Gasteiger partial charge is 0.422 e. The van der Waals surface area contributed by atoms with Crippen molar-refractivity contribution in [3.8, 4) is 11.5 Å². The summed E-state index contributed by atoms with van der Waals surface area (Å²) in [5, 5.41) is 3.14. The fourth-order valence-corrected chi connectivity index (χ4v) is 2.64. The van der Waals surface area contributed by atoms with Crippen molar-refractivity contribution in [1.82, 2.24) is 5.32 Å². The van der Waals surface area contributed by atoms with Crippen LogP contribution in [0.25, 0.3) is 0 Å². The third kappa shape index (κ3) is 7.98. The number of esters is 2. The molecule has 0 saturated carbocycles. The number of hydrogen-bond donors (Lipinski definition) is 1. The van der Waals surface area contributed by atoms with E-state index in [1.807, 2.05) is 53.7 Å². The second-order valence-electron chi connectivity index (χ2n) is 9.02. The fraction of sp³-hybridized carbons (Fsp3) is 0.400. The molecule has 0 atom stereocenters. The second-order valence-corrected chi connectivity index (χ2v) is 9.02. The van der Waals surface area contributed by atoms with Gasteiger partial charge in [-0.3, -0.25) is 9.59 Å². The molecule has 31 heavy (non-hydrogen) atoms. The highest BCUT2D eigenvalue weighted by molar-refractivity contribution is 5.98. The van der Waals surface area contributed by atoms with Gasteiger partial charge in [-0.1, -0.05) is 31.5 Å². The zero-order valence-corrected chi connectivity index (χ0v) is 19.1. The van der Waals surface area contributed by atoms with E-state index in [-0.39, 0.29) is 41.7 Å². The molecule has 1 N–H and O–H groups in total. The van der Waals surface area contributed by atoms with Gasteiger partial charge in [-0.2, -0.15) is 0 Å². The highest BCUT2D eigenvalue weighted by Gasteiger charge is 2.19. The Morgan fingerprint density at radius 3 is 2.10 bits per heavy atom.